The summed E-state index contributed by atoms with van der Waals surface area (Å²) in [5.41, 5.74) is 0.957. The van der Waals surface area contributed by atoms with Gasteiger partial charge in [0.25, 0.3) is 0 Å². The minimum absolute atomic E-state index is 0.0660. The number of urea groups is 1. The molecule has 1 unspecified atom stereocenters. The van der Waals surface area contributed by atoms with E-state index in [1.165, 1.54) is 0 Å². The monoisotopic (exact) mass is 291 g/mol. The van der Waals surface area contributed by atoms with Crippen LogP contribution in [0.25, 0.3) is 0 Å². The molecule has 0 spiro atoms. The van der Waals surface area contributed by atoms with Crippen LogP contribution < -0.4 is 5.32 Å². The van der Waals surface area contributed by atoms with Gasteiger partial charge in [0.1, 0.15) is 0 Å². The second-order valence-corrected chi connectivity index (χ2v) is 5.34. The Kier molecular flexibility index (Phi) is 5.54. The van der Waals surface area contributed by atoms with Gasteiger partial charge in [0.15, 0.2) is 0 Å². The molecule has 1 atom stereocenters. The number of carbonyl (C=O) groups excluding carboxylic acids is 1. The Morgan fingerprint density at radius 2 is 2.29 bits per heavy atom. The van der Waals surface area contributed by atoms with E-state index in [0.29, 0.717) is 38.4 Å². The maximum absolute atomic E-state index is 12.0. The van der Waals surface area contributed by atoms with E-state index in [1.807, 2.05) is 18.2 Å². The predicted molar refractivity (Wildman–Crippen MR) is 77.9 cm³/mol. The van der Waals surface area contributed by atoms with Gasteiger partial charge in [-0.25, -0.2) is 4.79 Å². The fraction of sp³-hybridized carbons (Fsp3) is 0.533. The molecular weight excluding hydrogens is 270 g/mol. The van der Waals surface area contributed by atoms with Crippen LogP contribution in [0.4, 0.5) is 4.79 Å². The highest BCUT2D eigenvalue weighted by Crippen LogP contribution is 2.20. The predicted octanol–water partition coefficient (Wildman–Crippen LogP) is 1.52. The SMILES string of the molecule is O=C(O)CCC1CCN(C(=O)NCCc2ccccn2)C1. The van der Waals surface area contributed by atoms with Crippen LogP contribution in [-0.4, -0.2) is 46.6 Å². The van der Waals surface area contributed by atoms with Crippen molar-refractivity contribution in [3.63, 3.8) is 0 Å². The molecule has 21 heavy (non-hydrogen) atoms. The lowest BCUT2D eigenvalue weighted by Crippen LogP contribution is -2.39. The van der Waals surface area contributed by atoms with Crippen LogP contribution in [0.3, 0.4) is 0 Å². The summed E-state index contributed by atoms with van der Waals surface area (Å²) in [5.74, 6) is -0.462. The number of aromatic nitrogens is 1. The fourth-order valence-corrected chi connectivity index (χ4v) is 2.54. The number of likely N-dealkylation sites (tertiary alicyclic amines) is 1. The second-order valence-electron chi connectivity index (χ2n) is 5.34. The normalized spacial score (nSPS) is 17.7. The van der Waals surface area contributed by atoms with E-state index in [4.69, 9.17) is 5.11 Å². The summed E-state index contributed by atoms with van der Waals surface area (Å²) in [4.78, 5) is 28.5. The first-order chi connectivity index (χ1) is 10.1. The number of pyridine rings is 1. The van der Waals surface area contributed by atoms with E-state index in [1.54, 1.807) is 11.1 Å². The Labute approximate surface area is 124 Å². The number of hydrogen-bond donors (Lipinski definition) is 2. The molecule has 1 aromatic rings. The Hall–Kier alpha value is -2.11. The number of carboxylic acid groups (broad SMARTS) is 1. The molecule has 1 saturated heterocycles. The minimum atomic E-state index is -0.770. The number of hydrogen-bond acceptors (Lipinski definition) is 3. The smallest absolute Gasteiger partial charge is 0.317 e. The largest absolute Gasteiger partial charge is 0.481 e. The number of carboxylic acids is 1. The van der Waals surface area contributed by atoms with E-state index < -0.39 is 5.97 Å². The second kappa shape index (κ2) is 7.61. The molecule has 2 amide bonds. The summed E-state index contributed by atoms with van der Waals surface area (Å²) in [6.45, 7) is 1.93. The highest BCUT2D eigenvalue weighted by atomic mass is 16.4. The van der Waals surface area contributed by atoms with Gasteiger partial charge < -0.3 is 15.3 Å². The van der Waals surface area contributed by atoms with Crippen molar-refractivity contribution in [3.05, 3.63) is 30.1 Å². The van der Waals surface area contributed by atoms with Crippen LogP contribution in [-0.2, 0) is 11.2 Å². The van der Waals surface area contributed by atoms with Gasteiger partial charge in [0.05, 0.1) is 0 Å². The summed E-state index contributed by atoms with van der Waals surface area (Å²) >= 11 is 0. The molecule has 1 aliphatic rings. The first-order valence-electron chi connectivity index (χ1n) is 7.29. The molecule has 6 nitrogen and oxygen atoms in total. The van der Waals surface area contributed by atoms with Crippen molar-refractivity contribution in [1.82, 2.24) is 15.2 Å². The highest BCUT2D eigenvalue weighted by Gasteiger charge is 2.26. The minimum Gasteiger partial charge on any atom is -0.481 e. The third kappa shape index (κ3) is 5.06. The molecule has 0 saturated carbocycles. The molecular formula is C15H21N3O3. The lowest BCUT2D eigenvalue weighted by Gasteiger charge is -2.17. The van der Waals surface area contributed by atoms with Gasteiger partial charge in [-0.2, -0.15) is 0 Å². The maximum Gasteiger partial charge on any atom is 0.317 e. The topological polar surface area (TPSA) is 82.5 Å². The molecule has 2 heterocycles. The van der Waals surface area contributed by atoms with Crippen LogP contribution in [0.5, 0.6) is 0 Å². The number of aliphatic carboxylic acids is 1. The zero-order valence-corrected chi connectivity index (χ0v) is 12.0. The van der Waals surface area contributed by atoms with Crippen LogP contribution in [0, 0.1) is 5.92 Å². The standard InChI is InChI=1S/C15H21N3O3/c19-14(20)5-4-12-7-10-18(11-12)15(21)17-9-6-13-3-1-2-8-16-13/h1-3,8,12H,4-7,9-11H2,(H,17,21)(H,19,20). The molecule has 2 N–H and O–H groups in total. The lowest BCUT2D eigenvalue weighted by atomic mass is 10.0. The van der Waals surface area contributed by atoms with Gasteiger partial charge in [-0.05, 0) is 30.9 Å². The van der Waals surface area contributed by atoms with Crippen molar-refractivity contribution in [2.24, 2.45) is 5.92 Å². The van der Waals surface area contributed by atoms with Crippen molar-refractivity contribution in [2.75, 3.05) is 19.6 Å². The van der Waals surface area contributed by atoms with Crippen LogP contribution >= 0.6 is 0 Å². The molecule has 2 rings (SSSR count). The number of nitrogens with one attached hydrogen (secondary N) is 1. The average Bonchev–Trinajstić information content (AvgIpc) is 2.95. The molecule has 1 fully saturated rings. The lowest BCUT2D eigenvalue weighted by molar-refractivity contribution is -0.137. The number of rotatable bonds is 6. The van der Waals surface area contributed by atoms with Gasteiger partial charge in [-0.15, -0.1) is 0 Å². The van der Waals surface area contributed by atoms with E-state index in [-0.39, 0.29) is 12.5 Å². The number of amides is 2. The molecule has 114 valence electrons. The molecule has 0 radical (unpaired) electrons. The Morgan fingerprint density at radius 1 is 1.43 bits per heavy atom. The van der Waals surface area contributed by atoms with E-state index in [0.717, 1.165) is 12.1 Å². The zero-order valence-electron chi connectivity index (χ0n) is 12.0. The van der Waals surface area contributed by atoms with E-state index in [2.05, 4.69) is 10.3 Å². The Morgan fingerprint density at radius 3 is 3.00 bits per heavy atom. The average molecular weight is 291 g/mol. The first-order valence-corrected chi connectivity index (χ1v) is 7.29. The molecule has 0 bridgehead atoms. The molecule has 1 aliphatic heterocycles. The molecule has 1 aromatic heterocycles. The van der Waals surface area contributed by atoms with Crippen LogP contribution in [0.2, 0.25) is 0 Å². The zero-order chi connectivity index (χ0) is 15.1. The Balaban J connectivity index is 1.66. The number of nitrogens with zero attached hydrogens (tertiary/aromatic N) is 2. The molecule has 0 aliphatic carbocycles. The Bertz CT molecular complexity index is 478. The molecule has 6 heteroatoms. The van der Waals surface area contributed by atoms with Gasteiger partial charge in [-0.3, -0.25) is 9.78 Å². The van der Waals surface area contributed by atoms with Gasteiger partial charge in [0, 0.05) is 44.4 Å². The summed E-state index contributed by atoms with van der Waals surface area (Å²) in [6, 6.07) is 5.66. The van der Waals surface area contributed by atoms with E-state index in [9.17, 15) is 9.59 Å². The van der Waals surface area contributed by atoms with Crippen molar-refractivity contribution in [1.29, 1.82) is 0 Å². The summed E-state index contributed by atoms with van der Waals surface area (Å²) < 4.78 is 0. The number of carbonyl (C=O) groups is 2. The van der Waals surface area contributed by atoms with Crippen LogP contribution in [0.1, 0.15) is 25.0 Å². The van der Waals surface area contributed by atoms with Gasteiger partial charge >= 0.3 is 12.0 Å². The van der Waals surface area contributed by atoms with Crippen molar-refractivity contribution in [3.8, 4) is 0 Å². The summed E-state index contributed by atoms with van der Waals surface area (Å²) in [7, 11) is 0. The van der Waals surface area contributed by atoms with Crippen molar-refractivity contribution < 1.29 is 14.7 Å². The van der Waals surface area contributed by atoms with Crippen LogP contribution in [0.15, 0.2) is 24.4 Å². The quantitative estimate of drug-likeness (QED) is 0.832. The first kappa shape index (κ1) is 15.3. The molecule has 0 aromatic carbocycles. The van der Waals surface area contributed by atoms with Crippen molar-refractivity contribution in [2.45, 2.75) is 25.7 Å². The van der Waals surface area contributed by atoms with Gasteiger partial charge in [0.2, 0.25) is 0 Å². The third-order valence-electron chi connectivity index (χ3n) is 3.72. The summed E-state index contributed by atoms with van der Waals surface area (Å²) in [5, 5.41) is 11.6. The maximum atomic E-state index is 12.0. The van der Waals surface area contributed by atoms with Gasteiger partial charge in [-0.1, -0.05) is 6.07 Å². The van der Waals surface area contributed by atoms with E-state index >= 15 is 0 Å². The van der Waals surface area contributed by atoms with Crippen molar-refractivity contribution >= 4 is 12.0 Å². The third-order valence-corrected chi connectivity index (χ3v) is 3.72. The summed E-state index contributed by atoms with van der Waals surface area (Å²) in [6.07, 6.45) is 4.17. The fourth-order valence-electron chi connectivity index (χ4n) is 2.54. The highest BCUT2D eigenvalue weighted by molar-refractivity contribution is 5.74.